The number of carbonyl (C=O) groups is 2. The number of nitrogens with zero attached hydrogens (tertiary/aromatic N) is 1. The molecule has 0 N–H and O–H groups in total. The van der Waals surface area contributed by atoms with Crippen molar-refractivity contribution < 1.29 is 19.1 Å². The molecule has 0 saturated carbocycles. The summed E-state index contributed by atoms with van der Waals surface area (Å²) in [6.45, 7) is 7.90. The van der Waals surface area contributed by atoms with Gasteiger partial charge in [-0.1, -0.05) is 23.8 Å². The summed E-state index contributed by atoms with van der Waals surface area (Å²) in [4.78, 5) is 27.1. The lowest BCUT2D eigenvalue weighted by Gasteiger charge is -2.36. The Morgan fingerprint density at radius 3 is 1.96 bits per heavy atom. The van der Waals surface area contributed by atoms with Crippen LogP contribution in [0.5, 0.6) is 0 Å². The van der Waals surface area contributed by atoms with Crippen molar-refractivity contribution in [1.82, 2.24) is 4.90 Å². The van der Waals surface area contributed by atoms with E-state index in [2.05, 4.69) is 0 Å². The van der Waals surface area contributed by atoms with Gasteiger partial charge in [0.05, 0.1) is 24.4 Å². The largest absolute Gasteiger partial charge is 0.463 e. The molecule has 2 aliphatic rings. The number of hydrogen-bond acceptors (Lipinski definition) is 5. The van der Waals surface area contributed by atoms with E-state index in [1.807, 2.05) is 44.0 Å². The van der Waals surface area contributed by atoms with E-state index in [0.29, 0.717) is 30.8 Å². The Hall–Kier alpha value is -2.30. The standard InChI is InChI=1S/C19H25NO4/c1-6-23-18(21)15-12(3)20(5)13(4)16(19(22)24-7-2)17(15)14-10-8-9-11-14/h8-10,17H,6-7,11H2,1-5H3. The van der Waals surface area contributed by atoms with Gasteiger partial charge in [-0.2, -0.15) is 0 Å². The minimum Gasteiger partial charge on any atom is -0.463 e. The number of carbonyl (C=O) groups excluding carboxylic acids is 2. The highest BCUT2D eigenvalue weighted by molar-refractivity contribution is 5.99. The number of allylic oxidation sites excluding steroid dienone is 6. The van der Waals surface area contributed by atoms with Crippen LogP contribution in [0.4, 0.5) is 0 Å². The van der Waals surface area contributed by atoms with Crippen LogP contribution in [0.2, 0.25) is 0 Å². The van der Waals surface area contributed by atoms with Gasteiger partial charge in [-0.3, -0.25) is 0 Å². The third kappa shape index (κ3) is 3.16. The van der Waals surface area contributed by atoms with Crippen molar-refractivity contribution >= 4 is 11.9 Å². The first kappa shape index (κ1) is 18.0. The van der Waals surface area contributed by atoms with Gasteiger partial charge in [-0.15, -0.1) is 0 Å². The zero-order chi connectivity index (χ0) is 17.9. The molecule has 0 amide bonds. The van der Waals surface area contributed by atoms with E-state index in [0.717, 1.165) is 17.0 Å². The fraction of sp³-hybridized carbons (Fsp3) is 0.474. The molecule has 1 heterocycles. The molecule has 0 saturated heterocycles. The van der Waals surface area contributed by atoms with Gasteiger partial charge in [0.2, 0.25) is 0 Å². The molecule has 0 aromatic heterocycles. The normalized spacial score (nSPS) is 18.2. The van der Waals surface area contributed by atoms with E-state index >= 15 is 0 Å². The Bertz CT molecular complexity index is 625. The van der Waals surface area contributed by atoms with Crippen LogP contribution in [-0.2, 0) is 19.1 Å². The topological polar surface area (TPSA) is 55.8 Å². The van der Waals surface area contributed by atoms with Crippen molar-refractivity contribution in [1.29, 1.82) is 0 Å². The minimum absolute atomic E-state index is 0.292. The fourth-order valence-corrected chi connectivity index (χ4v) is 3.17. The quantitative estimate of drug-likeness (QED) is 0.725. The maximum absolute atomic E-state index is 12.6. The average Bonchev–Trinajstić information content (AvgIpc) is 3.06. The molecule has 0 spiro atoms. The van der Waals surface area contributed by atoms with Gasteiger partial charge in [0.1, 0.15) is 0 Å². The second kappa shape index (κ2) is 7.51. The van der Waals surface area contributed by atoms with Crippen molar-refractivity contribution in [3.8, 4) is 0 Å². The summed E-state index contributed by atoms with van der Waals surface area (Å²) < 4.78 is 10.5. The molecule has 1 aliphatic heterocycles. The summed E-state index contributed by atoms with van der Waals surface area (Å²) >= 11 is 0. The molecule has 130 valence electrons. The molecule has 0 fully saturated rings. The van der Waals surface area contributed by atoms with Crippen LogP contribution in [0, 0.1) is 5.92 Å². The fourth-order valence-electron chi connectivity index (χ4n) is 3.17. The second-order valence-electron chi connectivity index (χ2n) is 5.80. The van der Waals surface area contributed by atoms with Crippen molar-refractivity contribution in [3.63, 3.8) is 0 Å². The summed E-state index contributed by atoms with van der Waals surface area (Å²) in [5.41, 5.74) is 3.65. The molecule has 0 radical (unpaired) electrons. The zero-order valence-electron chi connectivity index (χ0n) is 15.0. The molecule has 0 atom stereocenters. The second-order valence-corrected chi connectivity index (χ2v) is 5.80. The zero-order valence-corrected chi connectivity index (χ0v) is 15.0. The Morgan fingerprint density at radius 2 is 1.58 bits per heavy atom. The van der Waals surface area contributed by atoms with Crippen molar-refractivity contribution in [2.45, 2.75) is 34.1 Å². The van der Waals surface area contributed by atoms with Gasteiger partial charge >= 0.3 is 11.9 Å². The van der Waals surface area contributed by atoms with E-state index < -0.39 is 5.92 Å². The van der Waals surface area contributed by atoms with Crippen LogP contribution >= 0.6 is 0 Å². The Morgan fingerprint density at radius 1 is 1.08 bits per heavy atom. The van der Waals surface area contributed by atoms with Crippen LogP contribution in [0.1, 0.15) is 34.1 Å². The number of esters is 2. The number of rotatable bonds is 5. The van der Waals surface area contributed by atoms with Crippen LogP contribution in [0.15, 0.2) is 46.3 Å². The van der Waals surface area contributed by atoms with E-state index in [1.54, 1.807) is 13.8 Å². The van der Waals surface area contributed by atoms with Crippen LogP contribution in [0.25, 0.3) is 0 Å². The molecular weight excluding hydrogens is 306 g/mol. The highest BCUT2D eigenvalue weighted by Gasteiger charge is 2.40. The third-order valence-corrected chi connectivity index (χ3v) is 4.52. The molecular formula is C19H25NO4. The number of ether oxygens (including phenoxy) is 2. The molecule has 0 unspecified atom stereocenters. The average molecular weight is 331 g/mol. The first-order valence-corrected chi connectivity index (χ1v) is 8.29. The lowest BCUT2D eigenvalue weighted by atomic mass is 9.79. The first-order chi connectivity index (χ1) is 11.4. The SMILES string of the molecule is CCOC(=O)C1=C(C)N(C)C(C)=C(C(=O)OCC)C1C1=CC=CC1. The van der Waals surface area contributed by atoms with Crippen molar-refractivity contribution in [2.75, 3.05) is 20.3 Å². The Kier molecular flexibility index (Phi) is 5.65. The summed E-state index contributed by atoms with van der Waals surface area (Å²) in [5, 5.41) is 0. The summed E-state index contributed by atoms with van der Waals surface area (Å²) in [7, 11) is 1.85. The molecule has 5 heteroatoms. The van der Waals surface area contributed by atoms with Gasteiger partial charge in [0, 0.05) is 24.4 Å². The molecule has 0 bridgehead atoms. The van der Waals surface area contributed by atoms with Crippen LogP contribution < -0.4 is 0 Å². The summed E-state index contributed by atoms with van der Waals surface area (Å²) in [6.07, 6.45) is 6.64. The summed E-state index contributed by atoms with van der Waals surface area (Å²) in [5.74, 6) is -1.18. The van der Waals surface area contributed by atoms with Crippen LogP contribution in [-0.4, -0.2) is 37.1 Å². The maximum atomic E-state index is 12.6. The molecule has 2 rings (SSSR count). The maximum Gasteiger partial charge on any atom is 0.336 e. The molecule has 5 nitrogen and oxygen atoms in total. The molecule has 1 aliphatic carbocycles. The van der Waals surface area contributed by atoms with Crippen molar-refractivity contribution in [3.05, 3.63) is 46.3 Å². The van der Waals surface area contributed by atoms with Gasteiger partial charge < -0.3 is 14.4 Å². The van der Waals surface area contributed by atoms with E-state index in [4.69, 9.17) is 9.47 Å². The van der Waals surface area contributed by atoms with Gasteiger partial charge in [-0.25, -0.2) is 9.59 Å². The Labute approximate surface area is 143 Å². The van der Waals surface area contributed by atoms with E-state index in [9.17, 15) is 9.59 Å². The van der Waals surface area contributed by atoms with Gasteiger partial charge in [0.25, 0.3) is 0 Å². The van der Waals surface area contributed by atoms with E-state index in [-0.39, 0.29) is 11.9 Å². The van der Waals surface area contributed by atoms with Crippen LogP contribution in [0.3, 0.4) is 0 Å². The highest BCUT2D eigenvalue weighted by Crippen LogP contribution is 2.41. The van der Waals surface area contributed by atoms with Gasteiger partial charge in [0.15, 0.2) is 0 Å². The first-order valence-electron chi connectivity index (χ1n) is 8.29. The monoisotopic (exact) mass is 331 g/mol. The Balaban J connectivity index is 2.59. The predicted molar refractivity (Wildman–Crippen MR) is 91.8 cm³/mol. The molecule has 24 heavy (non-hydrogen) atoms. The summed E-state index contributed by atoms with van der Waals surface area (Å²) in [6, 6.07) is 0. The van der Waals surface area contributed by atoms with Crippen molar-refractivity contribution in [2.24, 2.45) is 5.92 Å². The van der Waals surface area contributed by atoms with E-state index in [1.165, 1.54) is 0 Å². The predicted octanol–water partition coefficient (Wildman–Crippen LogP) is 3.11. The lowest BCUT2D eigenvalue weighted by Crippen LogP contribution is -2.35. The molecule has 0 aromatic rings. The third-order valence-electron chi connectivity index (χ3n) is 4.52. The molecule has 0 aromatic carbocycles. The minimum atomic E-state index is -0.422. The number of hydrogen-bond donors (Lipinski definition) is 0. The highest BCUT2D eigenvalue weighted by atomic mass is 16.5. The lowest BCUT2D eigenvalue weighted by molar-refractivity contribution is -0.140. The van der Waals surface area contributed by atoms with Gasteiger partial charge in [-0.05, 0) is 34.1 Å². The smallest absolute Gasteiger partial charge is 0.336 e.